The maximum atomic E-state index is 12.0. The molecule has 58 heavy (non-hydrogen) atoms. The Labute approximate surface area is 386 Å². The molecule has 0 heterocycles. The van der Waals surface area contributed by atoms with Gasteiger partial charge in [0.2, 0.25) is 7.85 Å². The van der Waals surface area contributed by atoms with E-state index in [1.807, 2.05) is 42.4 Å². The van der Waals surface area contributed by atoms with Crippen molar-refractivity contribution >= 4 is 71.8 Å². The number of esters is 1. The predicted molar refractivity (Wildman–Crippen MR) is 236 cm³/mol. The number of carbonyl (C=O) groups excluding carboxylic acids is 3. The summed E-state index contributed by atoms with van der Waals surface area (Å²) in [5, 5.41) is 31.6. The van der Waals surface area contributed by atoms with E-state index in [1.165, 1.54) is 17.5 Å². The number of aliphatic carboxylic acids is 2. The molecule has 2 radical (unpaired) electrons. The van der Waals surface area contributed by atoms with Crippen molar-refractivity contribution in [2.24, 2.45) is 22.3 Å². The van der Waals surface area contributed by atoms with Gasteiger partial charge in [-0.2, -0.15) is 12.6 Å². The van der Waals surface area contributed by atoms with Gasteiger partial charge in [0.05, 0.1) is 12.8 Å². The molecule has 0 atom stereocenters. The van der Waals surface area contributed by atoms with Gasteiger partial charge in [-0.1, -0.05) is 21.6 Å². The number of hydrogen-bond acceptors (Lipinski definition) is 14. The molecule has 0 unspecified atom stereocenters. The first-order valence-electron chi connectivity index (χ1n) is 19.8. The summed E-state index contributed by atoms with van der Waals surface area (Å²) in [6.07, 6.45) is 9.09. The van der Waals surface area contributed by atoms with Crippen molar-refractivity contribution in [3.05, 3.63) is 0 Å². The molecule has 2 aliphatic rings. The number of nitriles is 1. The Hall–Kier alpha value is -1.17. The number of nitrogens with two attached hydrogens (primary N) is 2. The van der Waals surface area contributed by atoms with E-state index < -0.39 is 34.6 Å². The third kappa shape index (κ3) is 35.6. The van der Waals surface area contributed by atoms with Crippen LogP contribution in [0.4, 0.5) is 4.79 Å². The number of ketones is 1. The number of carboxylic acids is 2. The molecular weight excluding hydrogens is 812 g/mol. The number of carboxylic acid groups (broad SMARTS) is 2. The molecule has 1 amide bonds. The van der Waals surface area contributed by atoms with Crippen LogP contribution in [0, 0.1) is 22.1 Å². The Morgan fingerprint density at radius 3 is 1.78 bits per heavy atom. The molecule has 330 valence electrons. The monoisotopic (exact) mass is 885 g/mol. The van der Waals surface area contributed by atoms with Crippen LogP contribution in [0.15, 0.2) is 0 Å². The van der Waals surface area contributed by atoms with Gasteiger partial charge in [0.1, 0.15) is 17.0 Å². The van der Waals surface area contributed by atoms with Crippen LogP contribution < -0.4 is 51.7 Å². The normalized spacial score (nSPS) is 18.4. The number of ether oxygens (including phenoxy) is 2. The molecule has 0 aromatic rings. The van der Waals surface area contributed by atoms with Crippen molar-refractivity contribution in [3.63, 3.8) is 0 Å². The number of hydrogen-bond donors (Lipinski definition) is 7. The maximum Gasteiger partial charge on any atom is 1.00 e. The standard InChI is InChI=1S/C18H33NO4S.C14H23NO5.C6H16N2S2.CBN.Na.H/c1-17(2,3)23-16(22)7-10-18(13-15(20)21)8-5-14(6-9-18)19-11-4-12-24;1-13(2,3)20-12(19)15-9-14(8-11(17)18)6-4-10(16)5-7-14;7-3-1-5-9-10-6-2-4-8;2-1-3;;/h14,19,24H,4-13H2,1-3H3,(H,20,21);4-9H2,1-3H3,(H,15,19)(H,17,18);1-8H2;;;/q;;;;+1;-1. The van der Waals surface area contributed by atoms with Crippen molar-refractivity contribution in [1.82, 2.24) is 10.6 Å². The van der Waals surface area contributed by atoms with Gasteiger partial charge >= 0.3 is 53.6 Å². The fraction of sp³-hybridized carbons (Fsp3) is 0.846. The summed E-state index contributed by atoms with van der Waals surface area (Å²) >= 11 is 4.21. The molecule has 0 spiro atoms. The largest absolute Gasteiger partial charge is 1.00 e. The molecule has 0 bridgehead atoms. The molecule has 19 heteroatoms. The maximum absolute atomic E-state index is 12.0. The van der Waals surface area contributed by atoms with Crippen LogP contribution in [0.3, 0.4) is 0 Å². The smallest absolute Gasteiger partial charge is 1.00 e. The third-order valence-corrected chi connectivity index (χ3v) is 11.9. The summed E-state index contributed by atoms with van der Waals surface area (Å²) in [5.74, 6) is 2.70. The molecule has 2 fully saturated rings. The summed E-state index contributed by atoms with van der Waals surface area (Å²) in [6.45, 7) is 13.6. The van der Waals surface area contributed by atoms with E-state index in [9.17, 15) is 29.1 Å². The van der Waals surface area contributed by atoms with Gasteiger partial charge in [-0.3, -0.25) is 19.2 Å². The quantitative estimate of drug-likeness (QED) is 0.0305. The number of amides is 1. The number of rotatable bonds is 20. The SMILES string of the molecule is CC(C)(C)OC(=O)CCC1(CC(=O)O)CCC(NCCCS)CC1.CC(C)(C)OC(=O)NCC1(CC(=O)O)CCC(=O)CC1.NCCCSSCCCN.[B]C#N.[H-].[Na+]. The van der Waals surface area contributed by atoms with Crippen LogP contribution in [-0.4, -0.2) is 109 Å². The summed E-state index contributed by atoms with van der Waals surface area (Å²) < 4.78 is 10.5. The third-order valence-electron chi connectivity index (χ3n) is 8.97. The minimum absolute atomic E-state index is 0. The molecule has 8 N–H and O–H groups in total. The van der Waals surface area contributed by atoms with Crippen molar-refractivity contribution < 1.29 is 74.6 Å². The van der Waals surface area contributed by atoms with E-state index >= 15 is 0 Å². The minimum Gasteiger partial charge on any atom is -1.00 e. The van der Waals surface area contributed by atoms with Gasteiger partial charge in [0.25, 0.3) is 0 Å². The first-order chi connectivity index (χ1) is 26.6. The van der Waals surface area contributed by atoms with Gasteiger partial charge in [-0.25, -0.2) is 10.1 Å². The number of alkyl carbamates (subject to hydrolysis) is 1. The van der Waals surface area contributed by atoms with Crippen LogP contribution in [0.1, 0.15) is 139 Å². The number of carbonyl (C=O) groups is 5. The Kier molecular flexibility index (Phi) is 36.3. The molecule has 14 nitrogen and oxygen atoms in total. The molecule has 0 saturated heterocycles. The zero-order valence-electron chi connectivity index (χ0n) is 37.3. The van der Waals surface area contributed by atoms with Gasteiger partial charge in [0.15, 0.2) is 0 Å². The van der Waals surface area contributed by atoms with Crippen molar-refractivity contribution in [1.29, 1.82) is 5.26 Å². The first-order valence-corrected chi connectivity index (χ1v) is 23.0. The number of Topliss-reactive ketones (excluding diaryl/α,β-unsaturated/α-hetero) is 1. The number of nitrogens with zero attached hydrogens (tertiary/aromatic N) is 1. The second-order valence-electron chi connectivity index (χ2n) is 16.5. The second kappa shape index (κ2) is 34.4. The van der Waals surface area contributed by atoms with Gasteiger partial charge in [0, 0.05) is 43.4 Å². The van der Waals surface area contributed by atoms with Gasteiger partial charge in [-0.05, 0) is 148 Å². The number of nitrogens with one attached hydrogen (secondary N) is 2. The van der Waals surface area contributed by atoms with E-state index in [2.05, 4.69) is 31.1 Å². The fourth-order valence-electron chi connectivity index (χ4n) is 6.19. The average Bonchev–Trinajstić information content (AvgIpc) is 3.09. The zero-order valence-corrected chi connectivity index (χ0v) is 40.9. The first kappa shape index (κ1) is 61.1. The summed E-state index contributed by atoms with van der Waals surface area (Å²) in [6, 6.07) is 0.452. The van der Waals surface area contributed by atoms with E-state index in [-0.39, 0.29) is 67.5 Å². The molecule has 0 aliphatic heterocycles. The average molecular weight is 886 g/mol. The zero-order chi connectivity index (χ0) is 44.0. The van der Waals surface area contributed by atoms with E-state index in [0.717, 1.165) is 70.3 Å². The van der Waals surface area contributed by atoms with Crippen molar-refractivity contribution in [2.45, 2.75) is 155 Å². The Morgan fingerprint density at radius 2 is 1.36 bits per heavy atom. The van der Waals surface area contributed by atoms with Crippen LogP contribution in [-0.2, 0) is 28.7 Å². The van der Waals surface area contributed by atoms with Crippen LogP contribution in [0.2, 0.25) is 0 Å². The van der Waals surface area contributed by atoms with Crippen molar-refractivity contribution in [2.75, 3.05) is 43.4 Å². The Balaban J connectivity index is -0.000000390. The predicted octanol–water partition coefficient (Wildman–Crippen LogP) is 3.35. The minimum atomic E-state index is -0.912. The molecular formula is C39H73BN5NaO9S3. The van der Waals surface area contributed by atoms with Crippen LogP contribution in [0.25, 0.3) is 0 Å². The summed E-state index contributed by atoms with van der Waals surface area (Å²) in [5.41, 5.74) is 8.75. The summed E-state index contributed by atoms with van der Waals surface area (Å²) in [7, 11) is 7.95. The van der Waals surface area contributed by atoms with Crippen LogP contribution >= 0.6 is 34.2 Å². The van der Waals surface area contributed by atoms with E-state index in [1.54, 1.807) is 20.8 Å². The Bertz CT molecular complexity index is 1200. The number of thiol groups is 1. The molecule has 0 aromatic heterocycles. The molecule has 2 aliphatic carbocycles. The van der Waals surface area contributed by atoms with Gasteiger partial charge < -0.3 is 43.2 Å². The molecule has 2 saturated carbocycles. The van der Waals surface area contributed by atoms with E-state index in [0.29, 0.717) is 44.6 Å². The van der Waals surface area contributed by atoms with E-state index in [4.69, 9.17) is 31.3 Å². The Morgan fingerprint density at radius 1 is 0.897 bits per heavy atom. The molecule has 0 aromatic carbocycles. The second-order valence-corrected chi connectivity index (χ2v) is 19.6. The fourth-order valence-corrected chi connectivity index (χ4v) is 8.56. The summed E-state index contributed by atoms with van der Waals surface area (Å²) in [4.78, 5) is 57.2. The molecule has 2 rings (SSSR count). The van der Waals surface area contributed by atoms with Gasteiger partial charge in [-0.15, -0.1) is 0 Å². The van der Waals surface area contributed by atoms with Crippen LogP contribution in [0.5, 0.6) is 0 Å². The van der Waals surface area contributed by atoms with Crippen molar-refractivity contribution in [3.8, 4) is 5.97 Å². The topological polar surface area (TPSA) is 244 Å².